The van der Waals surface area contributed by atoms with Gasteiger partial charge in [0.1, 0.15) is 0 Å². The summed E-state index contributed by atoms with van der Waals surface area (Å²) in [5.74, 6) is -0.539. The maximum Gasteiger partial charge on any atom is 0.313 e. The Bertz CT molecular complexity index is 56.9. The first-order valence-corrected chi connectivity index (χ1v) is 2.87. The largest absolute Gasteiger partial charge is 0.481 e. The Balaban J connectivity index is 0. The Morgan fingerprint density at radius 1 is 1.86 bits per heavy atom. The SMILES string of the molecule is CSCC(=O)O.[Rf]. The molecule has 38 valence electrons. The zero-order valence-electron chi connectivity index (χ0n) is 4.18. The molecule has 0 aliphatic rings. The van der Waals surface area contributed by atoms with E-state index < -0.39 is 5.97 Å². The van der Waals surface area contributed by atoms with Crippen molar-refractivity contribution in [2.45, 2.75) is 0 Å². The molecule has 0 heterocycles. The van der Waals surface area contributed by atoms with E-state index in [0.29, 0.717) is 0 Å². The summed E-state index contributed by atoms with van der Waals surface area (Å²) in [4.78, 5) is 9.58. The van der Waals surface area contributed by atoms with E-state index in [4.69, 9.17) is 5.11 Å². The fourth-order valence-electron chi connectivity index (χ4n) is 0.123. The van der Waals surface area contributed by atoms with Crippen molar-refractivity contribution in [2.75, 3.05) is 12.0 Å². The molecule has 0 aromatic rings. The molecule has 1 N–H and O–H groups in total. The summed E-state index contributed by atoms with van der Waals surface area (Å²) >= 11 is 1.31. The maximum atomic E-state index is 9.58. The van der Waals surface area contributed by atoms with E-state index in [2.05, 4.69) is 0 Å². The van der Waals surface area contributed by atoms with Gasteiger partial charge in [-0.3, -0.25) is 4.79 Å². The van der Waals surface area contributed by atoms with Gasteiger partial charge in [-0.15, -0.1) is 0 Å². The quantitative estimate of drug-likeness (QED) is 0.763. The molecule has 0 rings (SSSR count). The molecular weight excluding hydrogens is 367 g/mol. The van der Waals surface area contributed by atoms with Crippen molar-refractivity contribution in [3.8, 4) is 0 Å². The normalized spacial score (nSPS) is 7.00. The predicted molar refractivity (Wildman–Crippen MR) is 26.0 cm³/mol. The van der Waals surface area contributed by atoms with Crippen molar-refractivity contribution in [3.05, 3.63) is 0 Å². The van der Waals surface area contributed by atoms with Crippen LogP contribution in [0.2, 0.25) is 0 Å². The van der Waals surface area contributed by atoms with Gasteiger partial charge >= 0.3 is 5.97 Å². The Hall–Kier alpha value is -1.18. The average Bonchev–Trinajstić information content (AvgIpc) is 1.35. The number of hydrogen-bond acceptors (Lipinski definition) is 2. The van der Waals surface area contributed by atoms with E-state index in [0.717, 1.165) is 0 Å². The van der Waals surface area contributed by atoms with Crippen LogP contribution in [0.25, 0.3) is 0 Å². The molecule has 0 amide bonds. The van der Waals surface area contributed by atoms with Gasteiger partial charge in [-0.1, -0.05) is 0 Å². The van der Waals surface area contributed by atoms with Crippen LogP contribution >= 0.6 is 11.8 Å². The molecule has 7 heavy (non-hydrogen) atoms. The molecule has 0 aliphatic heterocycles. The van der Waals surface area contributed by atoms with Gasteiger partial charge in [-0.25, -0.2) is 0 Å². The van der Waals surface area contributed by atoms with Crippen molar-refractivity contribution < 1.29 is 9.90 Å². The molecule has 0 bridgehead atoms. The topological polar surface area (TPSA) is 37.3 Å². The molecule has 0 saturated carbocycles. The minimum absolute atomic E-state index is 0. The number of carboxylic acids is 1. The van der Waals surface area contributed by atoms with Crippen LogP contribution in [0.15, 0.2) is 0 Å². The molecule has 0 saturated heterocycles. The summed E-state index contributed by atoms with van der Waals surface area (Å²) in [5, 5.41) is 7.89. The first-order valence-electron chi connectivity index (χ1n) is 1.48. The van der Waals surface area contributed by atoms with Gasteiger partial charge in [0.05, 0.1) is 5.75 Å². The number of hydrogen-bond donors (Lipinski definition) is 1. The van der Waals surface area contributed by atoms with Crippen molar-refractivity contribution in [1.82, 2.24) is 0 Å². The van der Waals surface area contributed by atoms with Crippen molar-refractivity contribution >= 4 is 17.7 Å². The van der Waals surface area contributed by atoms with Crippen LogP contribution in [0, 0.1) is 0 Å². The van der Waals surface area contributed by atoms with E-state index in [1.807, 2.05) is 0 Å². The Labute approximate surface area is 40.5 Å². The molecular formula is C3H6O2RfS. The third-order valence-corrected chi connectivity index (χ3v) is 0.803. The Kier molecular flexibility index (Phi) is 6.38. The van der Waals surface area contributed by atoms with E-state index in [9.17, 15) is 4.79 Å². The Morgan fingerprint density at radius 3 is 2.29 bits per heavy atom. The van der Waals surface area contributed by atoms with Gasteiger partial charge in [0.15, 0.2) is 0 Å². The third kappa shape index (κ3) is 11.6. The summed E-state index contributed by atoms with van der Waals surface area (Å²) in [6, 6.07) is 0. The molecule has 0 aromatic carbocycles. The van der Waals surface area contributed by atoms with Gasteiger partial charge in [0, 0.05) is 0 Å². The summed E-state index contributed by atoms with van der Waals surface area (Å²) in [6.45, 7) is 0. The van der Waals surface area contributed by atoms with Gasteiger partial charge < -0.3 is 5.11 Å². The van der Waals surface area contributed by atoms with Crippen LogP contribution in [0.5, 0.6) is 0 Å². The molecule has 4 heteroatoms. The van der Waals surface area contributed by atoms with Crippen LogP contribution in [-0.2, 0) is 4.79 Å². The minimum Gasteiger partial charge on any atom is -0.481 e. The monoisotopic (exact) mass is 373 g/mol. The van der Waals surface area contributed by atoms with Gasteiger partial charge in [0.25, 0.3) is 0 Å². The maximum absolute atomic E-state index is 9.58. The zero-order valence-corrected chi connectivity index (χ0v) is 11.4. The molecule has 2 nitrogen and oxygen atoms in total. The minimum atomic E-state index is -0.748. The summed E-state index contributed by atoms with van der Waals surface area (Å²) < 4.78 is 0. The average molecular weight is 373 g/mol. The fourth-order valence-corrected chi connectivity index (χ4v) is 0.370. The van der Waals surface area contributed by atoms with Crippen LogP contribution in [0.1, 0.15) is 0 Å². The molecule has 0 spiro atoms. The van der Waals surface area contributed by atoms with E-state index >= 15 is 0 Å². The third-order valence-electron chi connectivity index (χ3n) is 0.268. The molecule has 0 fully saturated rings. The summed E-state index contributed by atoms with van der Waals surface area (Å²) in [5.41, 5.74) is 0. The van der Waals surface area contributed by atoms with Crippen molar-refractivity contribution in [3.63, 3.8) is 0 Å². The fraction of sp³-hybridized carbons (Fsp3) is 0.667. The first-order chi connectivity index (χ1) is 2.77. The second-order valence-corrected chi connectivity index (χ2v) is 1.69. The van der Waals surface area contributed by atoms with Crippen molar-refractivity contribution in [2.24, 2.45) is 0 Å². The van der Waals surface area contributed by atoms with E-state index in [1.54, 1.807) is 6.26 Å². The molecule has 0 radical (unpaired) electrons. The second-order valence-electron chi connectivity index (χ2n) is 0.827. The van der Waals surface area contributed by atoms with Gasteiger partial charge in [-0.05, 0) is 6.26 Å². The van der Waals surface area contributed by atoms with Crippen LogP contribution in [0.3, 0.4) is 0 Å². The zero-order chi connectivity index (χ0) is 4.99. The number of aliphatic carboxylic acids is 1. The van der Waals surface area contributed by atoms with Crippen LogP contribution in [0.4, 0.5) is 0 Å². The predicted octanol–water partition coefficient (Wildman–Crippen LogP) is 0.434. The first kappa shape index (κ1) is 9.27. The van der Waals surface area contributed by atoms with Gasteiger partial charge in [-0.2, -0.15) is 11.8 Å². The number of carboxylic acid groups (broad SMARTS) is 1. The van der Waals surface area contributed by atoms with Crippen LogP contribution < -0.4 is 0 Å². The van der Waals surface area contributed by atoms with Crippen molar-refractivity contribution in [1.29, 1.82) is 0 Å². The summed E-state index contributed by atoms with van der Waals surface area (Å²) in [7, 11) is 0. The molecule has 0 unspecified atom stereocenters. The molecule has 0 aliphatic carbocycles. The standard InChI is InChI=1S/C3H6O2S.Rf/c1-6-2-3(4)5;/h2H2,1H3,(H,4,5);. The number of thioether (sulfide) groups is 1. The molecule has 0 atom stereocenters. The van der Waals surface area contributed by atoms with E-state index in [-0.39, 0.29) is 5.75 Å². The Morgan fingerprint density at radius 2 is 2.29 bits per heavy atom. The van der Waals surface area contributed by atoms with E-state index in [1.165, 1.54) is 11.8 Å². The molecule has 0 aromatic heterocycles. The van der Waals surface area contributed by atoms with Gasteiger partial charge in [0.2, 0.25) is 0 Å². The number of rotatable bonds is 2. The second kappa shape index (κ2) is 4.82. The summed E-state index contributed by atoms with van der Waals surface area (Å²) in [6.07, 6.45) is 1.76. The smallest absolute Gasteiger partial charge is 0.313 e. The van der Waals surface area contributed by atoms with Crippen LogP contribution in [-0.4, -0.2) is 23.1 Å². The number of carbonyl (C=O) groups is 1.